The Hall–Kier alpha value is -2.16. The Morgan fingerprint density at radius 3 is 1.77 bits per heavy atom. The normalized spacial score (nSPS) is 11.1. The number of hydrogen-bond acceptors (Lipinski definition) is 2. The summed E-state index contributed by atoms with van der Waals surface area (Å²) in [5.41, 5.74) is 2.14. The highest BCUT2D eigenvalue weighted by Crippen LogP contribution is 2.31. The van der Waals surface area contributed by atoms with Gasteiger partial charge in [0.05, 0.1) is 13.2 Å². The minimum Gasteiger partial charge on any atom is -0.341 e. The molecule has 0 heterocycles. The summed E-state index contributed by atoms with van der Waals surface area (Å²) in [5, 5.41) is 0. The van der Waals surface area contributed by atoms with E-state index < -0.39 is 5.79 Å². The number of rotatable bonds is 9. The van der Waals surface area contributed by atoms with Gasteiger partial charge in [0.15, 0.2) is 5.79 Å². The van der Waals surface area contributed by atoms with Crippen molar-refractivity contribution in [2.45, 2.75) is 12.2 Å². The van der Waals surface area contributed by atoms with Crippen molar-refractivity contribution in [3.63, 3.8) is 0 Å². The highest BCUT2D eigenvalue weighted by atomic mass is 16.7. The van der Waals surface area contributed by atoms with Crippen molar-refractivity contribution in [3.05, 3.63) is 97.1 Å². The van der Waals surface area contributed by atoms with Crippen LogP contribution in [-0.4, -0.2) is 13.2 Å². The summed E-state index contributed by atoms with van der Waals surface area (Å²) in [6, 6.07) is 20.2. The van der Waals surface area contributed by atoms with Gasteiger partial charge in [0.1, 0.15) is 0 Å². The molecule has 0 radical (unpaired) electrons. The van der Waals surface area contributed by atoms with Gasteiger partial charge < -0.3 is 9.47 Å². The summed E-state index contributed by atoms with van der Waals surface area (Å²) in [4.78, 5) is 0. The quantitative estimate of drug-likeness (QED) is 0.501. The minimum absolute atomic E-state index is 0.416. The molecule has 0 aliphatic carbocycles. The fraction of sp³-hybridized carbons (Fsp3) is 0.200. The number of hydrogen-bond donors (Lipinski definition) is 0. The molecule has 0 spiro atoms. The zero-order chi connectivity index (χ0) is 15.7. The number of benzene rings is 2. The Morgan fingerprint density at radius 1 is 0.773 bits per heavy atom. The largest absolute Gasteiger partial charge is 0.341 e. The lowest BCUT2D eigenvalue weighted by Gasteiger charge is -2.34. The standard InChI is InChI=1S/C20H22O2/c1-3-15-21-20(22-16-4-2,19-13-9-6-10-14-19)17-18-11-7-5-8-12-18/h3-14H,1-2,15-17H2. The second kappa shape index (κ2) is 8.32. The fourth-order valence-corrected chi connectivity index (χ4v) is 2.36. The SMILES string of the molecule is C=CCOC(Cc1ccccc1)(OCC=C)c1ccccc1. The lowest BCUT2D eigenvalue weighted by Crippen LogP contribution is -2.36. The van der Waals surface area contributed by atoms with E-state index in [1.807, 2.05) is 48.5 Å². The summed E-state index contributed by atoms with van der Waals surface area (Å²) in [7, 11) is 0. The van der Waals surface area contributed by atoms with E-state index in [1.165, 1.54) is 0 Å². The Morgan fingerprint density at radius 2 is 1.27 bits per heavy atom. The first-order valence-corrected chi connectivity index (χ1v) is 7.40. The van der Waals surface area contributed by atoms with Crippen LogP contribution in [0.4, 0.5) is 0 Å². The molecule has 0 aromatic heterocycles. The zero-order valence-electron chi connectivity index (χ0n) is 12.8. The van der Waals surface area contributed by atoms with Crippen LogP contribution in [0.5, 0.6) is 0 Å². The van der Waals surface area contributed by atoms with Crippen LogP contribution < -0.4 is 0 Å². The third-order valence-electron chi connectivity index (χ3n) is 3.36. The molecule has 0 bridgehead atoms. The molecule has 2 aromatic rings. The van der Waals surface area contributed by atoms with E-state index in [0.29, 0.717) is 19.6 Å². The zero-order valence-corrected chi connectivity index (χ0v) is 12.8. The molecule has 0 N–H and O–H groups in total. The molecule has 2 heteroatoms. The van der Waals surface area contributed by atoms with Gasteiger partial charge in [-0.05, 0) is 5.56 Å². The van der Waals surface area contributed by atoms with Crippen LogP contribution in [0.25, 0.3) is 0 Å². The van der Waals surface area contributed by atoms with E-state index in [9.17, 15) is 0 Å². The maximum absolute atomic E-state index is 6.08. The smallest absolute Gasteiger partial charge is 0.199 e. The Labute approximate surface area is 132 Å². The second-order valence-corrected chi connectivity index (χ2v) is 4.98. The van der Waals surface area contributed by atoms with Gasteiger partial charge in [-0.2, -0.15) is 0 Å². The summed E-state index contributed by atoms with van der Waals surface area (Å²) < 4.78 is 12.2. The van der Waals surface area contributed by atoms with Crippen molar-refractivity contribution in [1.82, 2.24) is 0 Å². The number of ether oxygens (including phenoxy) is 2. The average molecular weight is 294 g/mol. The monoisotopic (exact) mass is 294 g/mol. The van der Waals surface area contributed by atoms with Crippen molar-refractivity contribution in [2.75, 3.05) is 13.2 Å². The first-order valence-electron chi connectivity index (χ1n) is 7.40. The Kier molecular flexibility index (Phi) is 6.13. The van der Waals surface area contributed by atoms with Gasteiger partial charge in [0.2, 0.25) is 0 Å². The molecule has 2 nitrogen and oxygen atoms in total. The van der Waals surface area contributed by atoms with Crippen LogP contribution in [-0.2, 0) is 21.7 Å². The van der Waals surface area contributed by atoms with Crippen LogP contribution in [0.2, 0.25) is 0 Å². The van der Waals surface area contributed by atoms with Crippen LogP contribution >= 0.6 is 0 Å². The van der Waals surface area contributed by atoms with E-state index in [4.69, 9.17) is 9.47 Å². The second-order valence-electron chi connectivity index (χ2n) is 4.98. The molecule has 22 heavy (non-hydrogen) atoms. The first kappa shape index (κ1) is 16.2. The van der Waals surface area contributed by atoms with E-state index >= 15 is 0 Å². The average Bonchev–Trinajstić information content (AvgIpc) is 2.59. The van der Waals surface area contributed by atoms with E-state index in [2.05, 4.69) is 25.3 Å². The van der Waals surface area contributed by atoms with Crippen LogP contribution in [0.3, 0.4) is 0 Å². The third-order valence-corrected chi connectivity index (χ3v) is 3.36. The van der Waals surface area contributed by atoms with Gasteiger partial charge in [-0.3, -0.25) is 0 Å². The van der Waals surface area contributed by atoms with Crippen LogP contribution in [0.1, 0.15) is 11.1 Å². The third kappa shape index (κ3) is 4.17. The molecular formula is C20H22O2. The van der Waals surface area contributed by atoms with Crippen molar-refractivity contribution >= 4 is 0 Å². The summed E-state index contributed by atoms with van der Waals surface area (Å²) in [5.74, 6) is -0.842. The molecule has 0 amide bonds. The van der Waals surface area contributed by atoms with Gasteiger partial charge in [-0.15, -0.1) is 13.2 Å². The van der Waals surface area contributed by atoms with Crippen molar-refractivity contribution in [3.8, 4) is 0 Å². The molecular weight excluding hydrogens is 272 g/mol. The van der Waals surface area contributed by atoms with Crippen molar-refractivity contribution < 1.29 is 9.47 Å². The predicted octanol–water partition coefficient (Wildman–Crippen LogP) is 4.49. The molecule has 0 aliphatic rings. The molecule has 0 saturated carbocycles. The molecule has 2 aromatic carbocycles. The molecule has 0 aliphatic heterocycles. The molecule has 0 atom stereocenters. The van der Waals surface area contributed by atoms with Gasteiger partial charge in [0, 0.05) is 12.0 Å². The summed E-state index contributed by atoms with van der Waals surface area (Å²) >= 11 is 0. The first-order chi connectivity index (χ1) is 10.8. The highest BCUT2D eigenvalue weighted by Gasteiger charge is 2.34. The molecule has 0 fully saturated rings. The van der Waals surface area contributed by atoms with E-state index in [-0.39, 0.29) is 0 Å². The van der Waals surface area contributed by atoms with Gasteiger partial charge >= 0.3 is 0 Å². The lowest BCUT2D eigenvalue weighted by molar-refractivity contribution is -0.234. The molecule has 0 saturated heterocycles. The maximum atomic E-state index is 6.08. The van der Waals surface area contributed by atoms with Crippen LogP contribution in [0.15, 0.2) is 86.0 Å². The Balaban J connectivity index is 2.38. The molecule has 0 unspecified atom stereocenters. The van der Waals surface area contributed by atoms with Crippen molar-refractivity contribution in [1.29, 1.82) is 0 Å². The predicted molar refractivity (Wildman–Crippen MR) is 90.6 cm³/mol. The summed E-state index contributed by atoms with van der Waals surface area (Å²) in [6.07, 6.45) is 4.10. The van der Waals surface area contributed by atoms with E-state index in [1.54, 1.807) is 12.2 Å². The van der Waals surface area contributed by atoms with Gasteiger partial charge in [0.25, 0.3) is 0 Å². The maximum Gasteiger partial charge on any atom is 0.199 e. The molecule has 114 valence electrons. The summed E-state index contributed by atoms with van der Waals surface area (Å²) in [6.45, 7) is 8.32. The topological polar surface area (TPSA) is 18.5 Å². The lowest BCUT2D eigenvalue weighted by atomic mass is 9.97. The molecule has 2 rings (SSSR count). The van der Waals surface area contributed by atoms with Crippen molar-refractivity contribution in [2.24, 2.45) is 0 Å². The van der Waals surface area contributed by atoms with Gasteiger partial charge in [-0.25, -0.2) is 0 Å². The van der Waals surface area contributed by atoms with E-state index in [0.717, 1.165) is 11.1 Å². The fourth-order valence-electron chi connectivity index (χ4n) is 2.36. The minimum atomic E-state index is -0.842. The Bertz CT molecular complexity index is 563. The highest BCUT2D eigenvalue weighted by molar-refractivity contribution is 5.25. The van der Waals surface area contributed by atoms with Crippen LogP contribution in [0, 0.1) is 0 Å². The van der Waals surface area contributed by atoms with Gasteiger partial charge in [-0.1, -0.05) is 72.8 Å².